The Bertz CT molecular complexity index is 635. The van der Waals surface area contributed by atoms with Gasteiger partial charge in [-0.3, -0.25) is 4.68 Å². The number of benzene rings is 1. The minimum Gasteiger partial charge on any atom is -0.495 e. The lowest BCUT2D eigenvalue weighted by Crippen LogP contribution is -1.99. The molecule has 0 fully saturated rings. The molecule has 1 aromatic heterocycles. The minimum absolute atomic E-state index is 0.323. The van der Waals surface area contributed by atoms with Gasteiger partial charge in [0.15, 0.2) is 0 Å². The molecule has 0 aliphatic heterocycles. The monoisotopic (exact) mass is 255 g/mol. The average molecular weight is 255 g/mol. The van der Waals surface area contributed by atoms with E-state index in [1.54, 1.807) is 7.11 Å². The molecule has 0 spiro atoms. The van der Waals surface area contributed by atoms with Gasteiger partial charge in [0.05, 0.1) is 18.9 Å². The molecule has 4 nitrogen and oxygen atoms in total. The molecule has 0 aliphatic rings. The number of ether oxygens (including phenoxy) is 1. The van der Waals surface area contributed by atoms with Crippen molar-refractivity contribution in [2.45, 2.75) is 26.8 Å². The number of nitrogens with zero attached hydrogens (tertiary/aromatic N) is 3. The summed E-state index contributed by atoms with van der Waals surface area (Å²) in [5.74, 6) is 0.641. The second kappa shape index (κ2) is 5.15. The standard InChI is InChI=1S/C15H17N3O/c1-10(2)18-9-14(8-17-18)12-5-11(3)15(19-4)13(6-12)7-16/h5-6,8-10H,1-4H3. The normalized spacial score (nSPS) is 10.5. The highest BCUT2D eigenvalue weighted by Gasteiger charge is 2.11. The van der Waals surface area contributed by atoms with Gasteiger partial charge in [-0.1, -0.05) is 0 Å². The summed E-state index contributed by atoms with van der Waals surface area (Å²) in [5, 5.41) is 13.5. The molecule has 0 saturated heterocycles. The number of nitriles is 1. The average Bonchev–Trinajstić information content (AvgIpc) is 2.87. The van der Waals surface area contributed by atoms with Crippen molar-refractivity contribution >= 4 is 0 Å². The van der Waals surface area contributed by atoms with E-state index in [9.17, 15) is 5.26 Å². The van der Waals surface area contributed by atoms with E-state index >= 15 is 0 Å². The first-order valence-corrected chi connectivity index (χ1v) is 6.20. The third-order valence-corrected chi connectivity index (χ3v) is 3.06. The molecule has 4 heteroatoms. The van der Waals surface area contributed by atoms with Crippen molar-refractivity contribution in [3.05, 3.63) is 35.7 Å². The summed E-state index contributed by atoms with van der Waals surface area (Å²) >= 11 is 0. The molecule has 0 unspecified atom stereocenters. The van der Waals surface area contributed by atoms with E-state index in [2.05, 4.69) is 25.0 Å². The third-order valence-electron chi connectivity index (χ3n) is 3.06. The van der Waals surface area contributed by atoms with Crippen molar-refractivity contribution in [1.29, 1.82) is 5.26 Å². The van der Waals surface area contributed by atoms with Crippen LogP contribution in [0.25, 0.3) is 11.1 Å². The van der Waals surface area contributed by atoms with E-state index in [0.717, 1.165) is 16.7 Å². The Morgan fingerprint density at radius 2 is 2.05 bits per heavy atom. The van der Waals surface area contributed by atoms with Crippen molar-refractivity contribution in [2.75, 3.05) is 7.11 Å². The van der Waals surface area contributed by atoms with Gasteiger partial charge in [0.1, 0.15) is 11.8 Å². The Morgan fingerprint density at radius 1 is 1.32 bits per heavy atom. The molecule has 2 rings (SSSR count). The second-order valence-corrected chi connectivity index (χ2v) is 4.79. The Morgan fingerprint density at radius 3 is 2.58 bits per heavy atom. The number of hydrogen-bond donors (Lipinski definition) is 0. The number of aryl methyl sites for hydroxylation is 1. The first-order valence-electron chi connectivity index (χ1n) is 6.20. The van der Waals surface area contributed by atoms with Crippen LogP contribution in [0.4, 0.5) is 0 Å². The number of hydrogen-bond acceptors (Lipinski definition) is 3. The minimum atomic E-state index is 0.323. The molecule has 98 valence electrons. The lowest BCUT2D eigenvalue weighted by Gasteiger charge is -2.09. The van der Waals surface area contributed by atoms with Crippen LogP contribution in [0.2, 0.25) is 0 Å². The second-order valence-electron chi connectivity index (χ2n) is 4.79. The molecule has 2 aromatic rings. The Hall–Kier alpha value is -2.28. The van der Waals surface area contributed by atoms with Crippen LogP contribution in [0.1, 0.15) is 31.0 Å². The summed E-state index contributed by atoms with van der Waals surface area (Å²) in [7, 11) is 1.58. The van der Waals surface area contributed by atoms with E-state index in [4.69, 9.17) is 4.74 Å². The highest BCUT2D eigenvalue weighted by Crippen LogP contribution is 2.30. The predicted molar refractivity (Wildman–Crippen MR) is 74.1 cm³/mol. The fraction of sp³-hybridized carbons (Fsp3) is 0.333. The van der Waals surface area contributed by atoms with Crippen LogP contribution in [0.15, 0.2) is 24.5 Å². The number of rotatable bonds is 3. The molecule has 0 aliphatic carbocycles. The van der Waals surface area contributed by atoms with Crippen LogP contribution in [-0.2, 0) is 0 Å². The van der Waals surface area contributed by atoms with E-state index in [1.165, 1.54) is 0 Å². The molecular weight excluding hydrogens is 238 g/mol. The lowest BCUT2D eigenvalue weighted by molar-refractivity contribution is 0.410. The van der Waals surface area contributed by atoms with Crippen LogP contribution >= 0.6 is 0 Å². The summed E-state index contributed by atoms with van der Waals surface area (Å²) in [6, 6.07) is 6.35. The Balaban J connectivity index is 2.51. The van der Waals surface area contributed by atoms with E-state index < -0.39 is 0 Å². The summed E-state index contributed by atoms with van der Waals surface area (Å²) in [6.07, 6.45) is 3.81. The maximum atomic E-state index is 9.19. The first kappa shape index (κ1) is 13.2. The highest BCUT2D eigenvalue weighted by atomic mass is 16.5. The molecule has 0 saturated carbocycles. The number of aromatic nitrogens is 2. The highest BCUT2D eigenvalue weighted by molar-refractivity contribution is 5.68. The zero-order valence-electron chi connectivity index (χ0n) is 11.6. The van der Waals surface area contributed by atoms with Gasteiger partial charge < -0.3 is 4.74 Å². The topological polar surface area (TPSA) is 50.8 Å². The molecule has 0 atom stereocenters. The fourth-order valence-corrected chi connectivity index (χ4v) is 2.06. The van der Waals surface area contributed by atoms with Crippen LogP contribution in [0.5, 0.6) is 5.75 Å². The molecule has 0 N–H and O–H groups in total. The van der Waals surface area contributed by atoms with Gasteiger partial charge in [-0.2, -0.15) is 10.4 Å². The zero-order valence-corrected chi connectivity index (χ0v) is 11.6. The molecule has 0 radical (unpaired) electrons. The molecule has 1 aromatic carbocycles. The van der Waals surface area contributed by atoms with Crippen LogP contribution in [0.3, 0.4) is 0 Å². The maximum absolute atomic E-state index is 9.19. The maximum Gasteiger partial charge on any atom is 0.139 e. The largest absolute Gasteiger partial charge is 0.495 e. The van der Waals surface area contributed by atoms with Crippen LogP contribution < -0.4 is 4.74 Å². The van der Waals surface area contributed by atoms with Gasteiger partial charge >= 0.3 is 0 Å². The summed E-state index contributed by atoms with van der Waals surface area (Å²) in [6.45, 7) is 6.10. The van der Waals surface area contributed by atoms with E-state index in [-0.39, 0.29) is 0 Å². The molecule has 0 amide bonds. The van der Waals surface area contributed by atoms with Gasteiger partial charge in [-0.25, -0.2) is 0 Å². The van der Waals surface area contributed by atoms with Crippen molar-refractivity contribution in [3.8, 4) is 22.9 Å². The van der Waals surface area contributed by atoms with Gasteiger partial charge in [0.25, 0.3) is 0 Å². The van der Waals surface area contributed by atoms with Gasteiger partial charge in [-0.05, 0) is 44.0 Å². The van der Waals surface area contributed by atoms with Gasteiger partial charge in [-0.15, -0.1) is 0 Å². The van der Waals surface area contributed by atoms with E-state index in [1.807, 2.05) is 36.1 Å². The molecule has 0 bridgehead atoms. The zero-order chi connectivity index (χ0) is 14.0. The van der Waals surface area contributed by atoms with Crippen molar-refractivity contribution in [1.82, 2.24) is 9.78 Å². The van der Waals surface area contributed by atoms with Gasteiger partial charge in [0.2, 0.25) is 0 Å². The summed E-state index contributed by atoms with van der Waals surface area (Å²) < 4.78 is 7.16. The van der Waals surface area contributed by atoms with Crippen molar-refractivity contribution in [2.24, 2.45) is 0 Å². The van der Waals surface area contributed by atoms with Crippen LogP contribution in [0, 0.1) is 18.3 Å². The Labute approximate surface area is 113 Å². The quantitative estimate of drug-likeness (QED) is 0.845. The van der Waals surface area contributed by atoms with E-state index in [0.29, 0.717) is 17.4 Å². The van der Waals surface area contributed by atoms with Crippen LogP contribution in [-0.4, -0.2) is 16.9 Å². The van der Waals surface area contributed by atoms with Crippen molar-refractivity contribution < 1.29 is 4.74 Å². The summed E-state index contributed by atoms with van der Waals surface area (Å²) in [4.78, 5) is 0. The predicted octanol–water partition coefficient (Wildman–Crippen LogP) is 3.32. The molecule has 1 heterocycles. The fourth-order valence-electron chi connectivity index (χ4n) is 2.06. The van der Waals surface area contributed by atoms with Gasteiger partial charge in [0, 0.05) is 17.8 Å². The third kappa shape index (κ3) is 2.45. The smallest absolute Gasteiger partial charge is 0.139 e. The molecule has 19 heavy (non-hydrogen) atoms. The van der Waals surface area contributed by atoms with Crippen molar-refractivity contribution in [3.63, 3.8) is 0 Å². The first-order chi connectivity index (χ1) is 9.06. The lowest BCUT2D eigenvalue weighted by atomic mass is 10.0. The summed E-state index contributed by atoms with van der Waals surface area (Å²) in [5.41, 5.74) is 3.50. The number of methoxy groups -OCH3 is 1. The molecular formula is C15H17N3O. The SMILES string of the molecule is COc1c(C)cc(-c2cnn(C(C)C)c2)cc1C#N. The Kier molecular flexibility index (Phi) is 3.57.